The number of carbonyl (C=O) groups is 1. The topological polar surface area (TPSA) is 50.4 Å². The van der Waals surface area contributed by atoms with E-state index in [-0.39, 0.29) is 12.5 Å². The Balaban J connectivity index is 1.31. The van der Waals surface area contributed by atoms with Gasteiger partial charge in [0.15, 0.2) is 0 Å². The molecule has 2 aliphatic rings. The van der Waals surface area contributed by atoms with Crippen molar-refractivity contribution >= 4 is 11.6 Å². The number of carbonyl (C=O) groups excluding carboxylic acids is 1. The Hall–Kier alpha value is -2.17. The quantitative estimate of drug-likeness (QED) is 0.752. The molecule has 1 saturated heterocycles. The highest BCUT2D eigenvalue weighted by molar-refractivity contribution is 5.92. The molecule has 4 heteroatoms. The number of amides is 1. The number of anilines is 1. The van der Waals surface area contributed by atoms with Crippen molar-refractivity contribution in [3.8, 4) is 11.1 Å². The molecule has 0 saturated carbocycles. The summed E-state index contributed by atoms with van der Waals surface area (Å²) in [5, 5.41) is 6.32. The summed E-state index contributed by atoms with van der Waals surface area (Å²) < 4.78 is 5.60. The van der Waals surface area contributed by atoms with Crippen LogP contribution in [0.2, 0.25) is 0 Å². The van der Waals surface area contributed by atoms with Gasteiger partial charge in [-0.25, -0.2) is 0 Å². The van der Waals surface area contributed by atoms with E-state index in [1.165, 1.54) is 35.1 Å². The maximum Gasteiger partial charge on any atom is 0.250 e. The van der Waals surface area contributed by atoms with E-state index in [9.17, 15) is 4.79 Å². The highest BCUT2D eigenvalue weighted by Gasteiger charge is 2.18. The Kier molecular flexibility index (Phi) is 4.81. The van der Waals surface area contributed by atoms with Gasteiger partial charge in [0.2, 0.25) is 5.91 Å². The van der Waals surface area contributed by atoms with Crippen LogP contribution in [-0.2, 0) is 16.0 Å². The number of piperidine rings is 1. The van der Waals surface area contributed by atoms with Crippen LogP contribution in [0.25, 0.3) is 11.1 Å². The molecular weight excluding hydrogens is 312 g/mol. The minimum Gasteiger partial charge on any atom is -0.371 e. The monoisotopic (exact) mass is 336 g/mol. The lowest BCUT2D eigenvalue weighted by molar-refractivity contribution is -0.121. The maximum atomic E-state index is 12.1. The van der Waals surface area contributed by atoms with Gasteiger partial charge in [0.1, 0.15) is 6.61 Å². The summed E-state index contributed by atoms with van der Waals surface area (Å²) in [5.74, 6) is 0.444. The van der Waals surface area contributed by atoms with Gasteiger partial charge in [0.25, 0.3) is 0 Å². The van der Waals surface area contributed by atoms with Gasteiger partial charge in [0.05, 0.1) is 6.61 Å². The summed E-state index contributed by atoms with van der Waals surface area (Å²) in [6, 6.07) is 14.6. The molecule has 1 atom stereocenters. The van der Waals surface area contributed by atoms with E-state index in [0.29, 0.717) is 12.5 Å². The Bertz CT molecular complexity index is 766. The zero-order valence-corrected chi connectivity index (χ0v) is 14.4. The second-order valence-corrected chi connectivity index (χ2v) is 6.98. The number of nitrogens with one attached hydrogen (secondary N) is 2. The van der Waals surface area contributed by atoms with Gasteiger partial charge in [-0.05, 0) is 66.1 Å². The first kappa shape index (κ1) is 16.3. The van der Waals surface area contributed by atoms with Crippen LogP contribution in [0.4, 0.5) is 5.69 Å². The smallest absolute Gasteiger partial charge is 0.250 e. The first-order valence-corrected chi connectivity index (χ1v) is 9.09. The van der Waals surface area contributed by atoms with E-state index in [0.717, 1.165) is 25.2 Å². The Morgan fingerprint density at radius 2 is 2.04 bits per heavy atom. The fourth-order valence-electron chi connectivity index (χ4n) is 3.80. The largest absolute Gasteiger partial charge is 0.371 e. The summed E-state index contributed by atoms with van der Waals surface area (Å²) in [6.07, 6.45) is 3.30. The minimum atomic E-state index is -0.0840. The molecule has 1 aliphatic carbocycles. The SMILES string of the molecule is O=C(COCC1CCCNC1)Nc1ccc2c(c1)Cc1ccccc1-2. The number of hydrogen-bond acceptors (Lipinski definition) is 3. The number of fused-ring (bicyclic) bond motifs is 3. The molecule has 130 valence electrons. The van der Waals surface area contributed by atoms with Gasteiger partial charge < -0.3 is 15.4 Å². The summed E-state index contributed by atoms with van der Waals surface area (Å²) in [4.78, 5) is 12.1. The van der Waals surface area contributed by atoms with Crippen LogP contribution in [0.3, 0.4) is 0 Å². The third-order valence-electron chi connectivity index (χ3n) is 5.06. The van der Waals surface area contributed by atoms with Crippen molar-refractivity contribution in [1.29, 1.82) is 0 Å². The van der Waals surface area contributed by atoms with Gasteiger partial charge in [-0.15, -0.1) is 0 Å². The lowest BCUT2D eigenvalue weighted by atomic mass is 10.0. The minimum absolute atomic E-state index is 0.0840. The van der Waals surface area contributed by atoms with E-state index >= 15 is 0 Å². The number of ether oxygens (including phenoxy) is 1. The predicted octanol–water partition coefficient (Wildman–Crippen LogP) is 3.21. The van der Waals surface area contributed by atoms with Gasteiger partial charge in [-0.1, -0.05) is 30.3 Å². The zero-order chi connectivity index (χ0) is 17.1. The molecule has 0 radical (unpaired) electrons. The Morgan fingerprint density at radius 3 is 2.92 bits per heavy atom. The van der Waals surface area contributed by atoms with E-state index in [1.54, 1.807) is 0 Å². The standard InChI is InChI=1S/C21H24N2O2/c24-21(14-25-13-15-4-3-9-22-12-15)23-18-7-8-20-17(11-18)10-16-5-1-2-6-19(16)20/h1-2,5-8,11,15,22H,3-4,9-10,12-14H2,(H,23,24). The number of hydrogen-bond donors (Lipinski definition) is 2. The molecule has 1 heterocycles. The molecule has 2 aromatic rings. The van der Waals surface area contributed by atoms with Crippen LogP contribution >= 0.6 is 0 Å². The zero-order valence-electron chi connectivity index (χ0n) is 14.4. The van der Waals surface area contributed by atoms with Crippen molar-refractivity contribution < 1.29 is 9.53 Å². The average Bonchev–Trinajstić information content (AvgIpc) is 3.00. The molecule has 25 heavy (non-hydrogen) atoms. The summed E-state index contributed by atoms with van der Waals surface area (Å²) >= 11 is 0. The van der Waals surface area contributed by atoms with E-state index in [2.05, 4.69) is 47.0 Å². The van der Waals surface area contributed by atoms with Crippen molar-refractivity contribution in [2.24, 2.45) is 5.92 Å². The van der Waals surface area contributed by atoms with Crippen LogP contribution in [0, 0.1) is 5.92 Å². The molecule has 0 bridgehead atoms. The number of benzene rings is 2. The van der Waals surface area contributed by atoms with E-state index in [4.69, 9.17) is 4.74 Å². The van der Waals surface area contributed by atoms with Crippen LogP contribution < -0.4 is 10.6 Å². The fourth-order valence-corrected chi connectivity index (χ4v) is 3.80. The Morgan fingerprint density at radius 1 is 1.16 bits per heavy atom. The molecular formula is C21H24N2O2. The number of rotatable bonds is 5. The molecule has 1 unspecified atom stereocenters. The Labute approximate surface area is 148 Å². The fraction of sp³-hybridized carbons (Fsp3) is 0.381. The van der Waals surface area contributed by atoms with Crippen LogP contribution in [0.5, 0.6) is 0 Å². The first-order valence-electron chi connectivity index (χ1n) is 9.09. The van der Waals surface area contributed by atoms with Crippen LogP contribution in [0.15, 0.2) is 42.5 Å². The molecule has 2 aromatic carbocycles. The molecule has 2 N–H and O–H groups in total. The molecule has 1 fully saturated rings. The van der Waals surface area contributed by atoms with Gasteiger partial charge >= 0.3 is 0 Å². The summed E-state index contributed by atoms with van der Waals surface area (Å²) in [7, 11) is 0. The lowest BCUT2D eigenvalue weighted by Crippen LogP contribution is -2.33. The third-order valence-corrected chi connectivity index (χ3v) is 5.06. The highest BCUT2D eigenvalue weighted by atomic mass is 16.5. The lowest BCUT2D eigenvalue weighted by Gasteiger charge is -2.22. The van der Waals surface area contributed by atoms with E-state index < -0.39 is 0 Å². The first-order chi connectivity index (χ1) is 12.3. The predicted molar refractivity (Wildman–Crippen MR) is 99.7 cm³/mol. The second kappa shape index (κ2) is 7.38. The molecule has 4 nitrogen and oxygen atoms in total. The third kappa shape index (κ3) is 3.75. The van der Waals surface area contributed by atoms with Crippen LogP contribution in [-0.4, -0.2) is 32.2 Å². The van der Waals surface area contributed by atoms with Gasteiger partial charge in [0, 0.05) is 12.2 Å². The van der Waals surface area contributed by atoms with Gasteiger partial charge in [-0.2, -0.15) is 0 Å². The van der Waals surface area contributed by atoms with Crippen molar-refractivity contribution in [2.75, 3.05) is 31.6 Å². The molecule has 1 aliphatic heterocycles. The molecule has 0 spiro atoms. The van der Waals surface area contributed by atoms with Crippen molar-refractivity contribution in [2.45, 2.75) is 19.3 Å². The van der Waals surface area contributed by atoms with Gasteiger partial charge in [-0.3, -0.25) is 4.79 Å². The van der Waals surface area contributed by atoms with Crippen molar-refractivity contribution in [1.82, 2.24) is 5.32 Å². The second-order valence-electron chi connectivity index (χ2n) is 6.98. The summed E-state index contributed by atoms with van der Waals surface area (Å²) in [5.41, 5.74) is 6.05. The summed E-state index contributed by atoms with van der Waals surface area (Å²) in [6.45, 7) is 2.86. The maximum absolute atomic E-state index is 12.1. The highest BCUT2D eigenvalue weighted by Crippen LogP contribution is 2.37. The molecule has 4 rings (SSSR count). The van der Waals surface area contributed by atoms with Crippen LogP contribution in [0.1, 0.15) is 24.0 Å². The molecule has 1 amide bonds. The molecule has 0 aromatic heterocycles. The van der Waals surface area contributed by atoms with E-state index in [1.807, 2.05) is 6.07 Å². The average molecular weight is 336 g/mol. The van der Waals surface area contributed by atoms with Crippen molar-refractivity contribution in [3.05, 3.63) is 53.6 Å². The van der Waals surface area contributed by atoms with Crippen molar-refractivity contribution in [3.63, 3.8) is 0 Å². The normalized spacial score (nSPS) is 18.5.